The summed E-state index contributed by atoms with van der Waals surface area (Å²) in [5.74, 6) is -0.114. The van der Waals surface area contributed by atoms with Crippen molar-refractivity contribution in [2.45, 2.75) is 38.3 Å². The Labute approximate surface area is 157 Å². The fourth-order valence-corrected chi connectivity index (χ4v) is 4.28. The van der Waals surface area contributed by atoms with Crippen LogP contribution in [0, 0.1) is 11.3 Å². The van der Waals surface area contributed by atoms with Gasteiger partial charge in [0.15, 0.2) is 0 Å². The molecule has 0 bridgehead atoms. The zero-order valence-electron chi connectivity index (χ0n) is 14.8. The molecule has 0 spiro atoms. The summed E-state index contributed by atoms with van der Waals surface area (Å²) in [6, 6.07) is 7.35. The van der Waals surface area contributed by atoms with Gasteiger partial charge in [0.1, 0.15) is 11.9 Å². The van der Waals surface area contributed by atoms with Crippen molar-refractivity contribution in [1.82, 2.24) is 20.2 Å². The summed E-state index contributed by atoms with van der Waals surface area (Å²) < 4.78 is 7.40. The number of hydrogen-bond acceptors (Lipinski definition) is 6. The lowest BCUT2D eigenvalue weighted by Crippen LogP contribution is -2.81. The van der Waals surface area contributed by atoms with Crippen molar-refractivity contribution in [3.63, 3.8) is 0 Å². The van der Waals surface area contributed by atoms with Crippen molar-refractivity contribution in [3.8, 4) is 5.69 Å². The Kier molecular flexibility index (Phi) is 4.76. The van der Waals surface area contributed by atoms with Crippen molar-refractivity contribution in [3.05, 3.63) is 30.6 Å². The number of halogens is 1. The van der Waals surface area contributed by atoms with Gasteiger partial charge in [0.25, 0.3) is 0 Å². The second-order valence-corrected chi connectivity index (χ2v) is 7.39. The van der Waals surface area contributed by atoms with E-state index < -0.39 is 11.0 Å². The minimum Gasteiger partial charge on any atom is -0.377 e. The van der Waals surface area contributed by atoms with E-state index >= 15 is 0 Å². The summed E-state index contributed by atoms with van der Waals surface area (Å²) in [6.45, 7) is 4.77. The molecule has 1 aromatic heterocycles. The number of nitrogens with one attached hydrogen (secondary N) is 1. The average molecular weight is 379 g/mol. The number of rotatable bonds is 3. The minimum absolute atomic E-state index is 0. The van der Waals surface area contributed by atoms with Gasteiger partial charge in [0, 0.05) is 23.6 Å². The third-order valence-electron chi connectivity index (χ3n) is 5.78. The highest BCUT2D eigenvalue weighted by Crippen LogP contribution is 2.57. The van der Waals surface area contributed by atoms with E-state index in [1.807, 2.05) is 38.1 Å². The predicted octanol–water partition coefficient (Wildman–Crippen LogP) is 1.56. The molecular weight excluding hydrogens is 356 g/mol. The van der Waals surface area contributed by atoms with Gasteiger partial charge in [0.05, 0.1) is 11.8 Å². The molecule has 9 heteroatoms. The number of hydrogen-bond donors (Lipinski definition) is 2. The van der Waals surface area contributed by atoms with Crippen molar-refractivity contribution in [1.29, 1.82) is 0 Å². The van der Waals surface area contributed by atoms with Gasteiger partial charge in [-0.25, -0.2) is 4.68 Å². The van der Waals surface area contributed by atoms with Crippen molar-refractivity contribution in [2.24, 2.45) is 17.1 Å². The number of amides is 1. The van der Waals surface area contributed by atoms with E-state index in [-0.39, 0.29) is 30.3 Å². The first-order valence-electron chi connectivity index (χ1n) is 8.50. The lowest BCUT2D eigenvalue weighted by molar-refractivity contribution is -0.222. The molecule has 2 heterocycles. The number of carbonyl (C=O) groups is 1. The van der Waals surface area contributed by atoms with Crippen LogP contribution in [0.5, 0.6) is 0 Å². The predicted molar refractivity (Wildman–Crippen MR) is 98.2 cm³/mol. The van der Waals surface area contributed by atoms with E-state index in [1.54, 1.807) is 0 Å². The van der Waals surface area contributed by atoms with E-state index in [4.69, 9.17) is 10.5 Å². The fourth-order valence-electron chi connectivity index (χ4n) is 4.28. The van der Waals surface area contributed by atoms with Crippen LogP contribution in [-0.2, 0) is 9.53 Å². The molecule has 1 aliphatic carbocycles. The molecule has 1 amide bonds. The summed E-state index contributed by atoms with van der Waals surface area (Å²) in [6.07, 6.45) is 3.41. The van der Waals surface area contributed by atoms with Gasteiger partial charge >= 0.3 is 0 Å². The summed E-state index contributed by atoms with van der Waals surface area (Å²) >= 11 is 0. The molecule has 3 atom stereocenters. The third-order valence-corrected chi connectivity index (χ3v) is 5.78. The smallest absolute Gasteiger partial charge is 0.245 e. The molecule has 2 fully saturated rings. The molecule has 3 unspecified atom stereocenters. The maximum Gasteiger partial charge on any atom is 0.245 e. The van der Waals surface area contributed by atoms with Gasteiger partial charge < -0.3 is 15.8 Å². The number of benzene rings is 1. The highest BCUT2D eigenvalue weighted by Gasteiger charge is 2.70. The van der Waals surface area contributed by atoms with Crippen molar-refractivity contribution < 1.29 is 9.53 Å². The highest BCUT2D eigenvalue weighted by atomic mass is 35.5. The maximum absolute atomic E-state index is 13.0. The Morgan fingerprint density at radius 2 is 2.23 bits per heavy atom. The number of ether oxygens (including phenoxy) is 1. The summed E-state index contributed by atoms with van der Waals surface area (Å²) in [4.78, 5) is 13.0. The molecule has 140 valence electrons. The highest BCUT2D eigenvalue weighted by molar-refractivity contribution is 6.00. The van der Waals surface area contributed by atoms with Crippen LogP contribution in [0.2, 0.25) is 0 Å². The Morgan fingerprint density at radius 1 is 1.42 bits per heavy atom. The van der Waals surface area contributed by atoms with Gasteiger partial charge in [-0.1, -0.05) is 19.9 Å². The van der Waals surface area contributed by atoms with E-state index in [9.17, 15) is 4.79 Å². The van der Waals surface area contributed by atoms with E-state index in [2.05, 4.69) is 20.8 Å². The molecule has 3 N–H and O–H groups in total. The first-order chi connectivity index (χ1) is 11.9. The van der Waals surface area contributed by atoms with E-state index in [1.165, 1.54) is 11.0 Å². The van der Waals surface area contributed by atoms with Gasteiger partial charge in [-0.05, 0) is 41.5 Å². The number of aromatic nitrogens is 4. The topological polar surface area (TPSA) is 108 Å². The van der Waals surface area contributed by atoms with Crippen LogP contribution >= 0.6 is 12.4 Å². The molecule has 0 radical (unpaired) electrons. The molecule has 26 heavy (non-hydrogen) atoms. The van der Waals surface area contributed by atoms with Crippen LogP contribution in [0.25, 0.3) is 5.69 Å². The standard InChI is InChI=1S/C17H22N6O2.ClH/c1-16(2)14-13(7-4-8-25-14)17(16,18)15(24)20-11-5-3-6-12(9-11)23-10-19-21-22-23;/h3,5-6,9-10,13-14H,4,7-8,18H2,1-2H3,(H,20,24);1H. The van der Waals surface area contributed by atoms with Crippen LogP contribution in [0.3, 0.4) is 0 Å². The number of anilines is 1. The van der Waals surface area contributed by atoms with E-state index in [0.717, 1.165) is 25.1 Å². The van der Waals surface area contributed by atoms with Crippen LogP contribution in [0.1, 0.15) is 26.7 Å². The second-order valence-electron chi connectivity index (χ2n) is 7.39. The number of nitrogens with two attached hydrogens (primary N) is 1. The van der Waals surface area contributed by atoms with Crippen LogP contribution in [-0.4, -0.2) is 44.4 Å². The van der Waals surface area contributed by atoms with Crippen LogP contribution < -0.4 is 11.1 Å². The molecule has 4 rings (SSSR count). The quantitative estimate of drug-likeness (QED) is 0.839. The molecule has 1 saturated heterocycles. The second kappa shape index (κ2) is 6.61. The van der Waals surface area contributed by atoms with Gasteiger partial charge in [0.2, 0.25) is 5.91 Å². The number of fused-ring (bicyclic) bond motifs is 1. The molecule has 1 aromatic carbocycles. The summed E-state index contributed by atoms with van der Waals surface area (Å²) in [7, 11) is 0. The van der Waals surface area contributed by atoms with Gasteiger partial charge in [-0.15, -0.1) is 17.5 Å². The van der Waals surface area contributed by atoms with Crippen LogP contribution in [0.15, 0.2) is 30.6 Å². The van der Waals surface area contributed by atoms with Crippen molar-refractivity contribution >= 4 is 24.0 Å². The Morgan fingerprint density at radius 3 is 2.96 bits per heavy atom. The summed E-state index contributed by atoms with van der Waals surface area (Å²) in [5, 5.41) is 14.1. The number of nitrogens with zero attached hydrogens (tertiary/aromatic N) is 4. The fraction of sp³-hybridized carbons (Fsp3) is 0.529. The monoisotopic (exact) mass is 378 g/mol. The number of tetrazole rings is 1. The SMILES string of the molecule is CC1(C)C2OCCCC2C1(N)C(=O)Nc1cccc(-n2cnnn2)c1.Cl. The molecule has 2 aliphatic rings. The number of carbonyl (C=O) groups excluding carboxylic acids is 1. The molecule has 1 aliphatic heterocycles. The maximum atomic E-state index is 13.0. The Balaban J connectivity index is 0.00000196. The molecule has 2 aromatic rings. The Hall–Kier alpha value is -2.03. The lowest BCUT2D eigenvalue weighted by Gasteiger charge is -2.65. The third kappa shape index (κ3) is 2.60. The molecular formula is C17H23ClN6O2. The first-order valence-corrected chi connectivity index (χ1v) is 8.50. The molecule has 1 saturated carbocycles. The zero-order chi connectivity index (χ0) is 17.7. The average Bonchev–Trinajstić information content (AvgIpc) is 3.16. The van der Waals surface area contributed by atoms with Gasteiger partial charge in [-0.3, -0.25) is 4.79 Å². The van der Waals surface area contributed by atoms with Gasteiger partial charge in [-0.2, -0.15) is 0 Å². The Bertz CT molecular complexity index is 796. The first kappa shape index (κ1) is 18.8. The van der Waals surface area contributed by atoms with E-state index in [0.29, 0.717) is 5.69 Å². The largest absolute Gasteiger partial charge is 0.377 e. The zero-order valence-corrected chi connectivity index (χ0v) is 15.6. The minimum atomic E-state index is -0.942. The van der Waals surface area contributed by atoms with Crippen molar-refractivity contribution in [2.75, 3.05) is 11.9 Å². The molecule has 8 nitrogen and oxygen atoms in total. The summed E-state index contributed by atoms with van der Waals surface area (Å²) in [5.41, 5.74) is 6.71. The lowest BCUT2D eigenvalue weighted by atomic mass is 9.46. The van der Waals surface area contributed by atoms with Crippen LogP contribution in [0.4, 0.5) is 5.69 Å². The normalized spacial score (nSPS) is 29.0.